The molecule has 3 N–H and O–H groups in total. The Balaban J connectivity index is 3.32. The Morgan fingerprint density at radius 1 is 0.846 bits per heavy atom. The second-order valence-corrected chi connectivity index (χ2v) is 4.11. The number of hydrogen-bond acceptors (Lipinski definition) is 3. The van der Waals surface area contributed by atoms with Gasteiger partial charge in [-0.25, -0.2) is 0 Å². The Kier molecular flexibility index (Phi) is 2.12. The molecule has 0 aromatic heterocycles. The molecular weight excluding hydrogens is 168 g/mol. The second-order valence-electron chi connectivity index (χ2n) is 4.11. The van der Waals surface area contributed by atoms with Crippen molar-refractivity contribution in [3.05, 3.63) is 17.7 Å². The zero-order valence-electron chi connectivity index (χ0n) is 8.00. The van der Waals surface area contributed by atoms with E-state index in [0.29, 0.717) is 5.56 Å². The van der Waals surface area contributed by atoms with Crippen LogP contribution in [0.25, 0.3) is 0 Å². The average Bonchev–Trinajstić information content (AvgIpc) is 1.94. The second kappa shape index (κ2) is 2.83. The van der Waals surface area contributed by atoms with Crippen LogP contribution in [-0.2, 0) is 5.41 Å². The molecule has 0 saturated heterocycles. The average molecular weight is 182 g/mol. The van der Waals surface area contributed by atoms with Crippen molar-refractivity contribution in [1.29, 1.82) is 0 Å². The van der Waals surface area contributed by atoms with Crippen molar-refractivity contribution in [3.8, 4) is 17.2 Å². The third kappa shape index (κ3) is 1.86. The molecule has 0 saturated carbocycles. The third-order valence-corrected chi connectivity index (χ3v) is 1.90. The van der Waals surface area contributed by atoms with E-state index in [2.05, 4.69) is 0 Å². The Hall–Kier alpha value is -1.38. The summed E-state index contributed by atoms with van der Waals surface area (Å²) in [6.45, 7) is 5.75. The molecule has 0 unspecified atom stereocenters. The van der Waals surface area contributed by atoms with Crippen LogP contribution in [0.3, 0.4) is 0 Å². The number of hydrogen-bond donors (Lipinski definition) is 3. The first-order valence-corrected chi connectivity index (χ1v) is 4.08. The van der Waals surface area contributed by atoms with E-state index < -0.39 is 0 Å². The molecular formula is C10H14O3. The lowest BCUT2D eigenvalue weighted by molar-refractivity contribution is 0.389. The molecule has 0 aliphatic rings. The van der Waals surface area contributed by atoms with Gasteiger partial charge >= 0.3 is 0 Å². The molecule has 1 rings (SSSR count). The van der Waals surface area contributed by atoms with E-state index in [4.69, 9.17) is 5.11 Å². The lowest BCUT2D eigenvalue weighted by Gasteiger charge is -2.20. The van der Waals surface area contributed by atoms with E-state index in [9.17, 15) is 10.2 Å². The monoisotopic (exact) mass is 182 g/mol. The summed E-state index contributed by atoms with van der Waals surface area (Å²) in [5, 5.41) is 27.8. The van der Waals surface area contributed by atoms with Crippen molar-refractivity contribution in [1.82, 2.24) is 0 Å². The van der Waals surface area contributed by atoms with Gasteiger partial charge in [0.1, 0.15) is 5.75 Å². The maximum Gasteiger partial charge on any atom is 0.161 e. The van der Waals surface area contributed by atoms with Crippen LogP contribution in [-0.4, -0.2) is 15.3 Å². The molecule has 13 heavy (non-hydrogen) atoms. The normalized spacial score (nSPS) is 11.6. The minimum atomic E-state index is -0.300. The molecule has 0 amide bonds. The summed E-state index contributed by atoms with van der Waals surface area (Å²) in [5.74, 6) is -0.504. The first-order chi connectivity index (χ1) is 5.82. The summed E-state index contributed by atoms with van der Waals surface area (Å²) in [6.07, 6.45) is 0. The molecule has 0 spiro atoms. The predicted molar refractivity (Wildman–Crippen MR) is 50.1 cm³/mol. The van der Waals surface area contributed by atoms with Gasteiger partial charge in [0, 0.05) is 11.6 Å². The van der Waals surface area contributed by atoms with Gasteiger partial charge < -0.3 is 15.3 Å². The summed E-state index contributed by atoms with van der Waals surface area (Å²) < 4.78 is 0. The van der Waals surface area contributed by atoms with Crippen LogP contribution in [0.15, 0.2) is 12.1 Å². The number of phenols is 3. The van der Waals surface area contributed by atoms with Crippen molar-refractivity contribution >= 4 is 0 Å². The van der Waals surface area contributed by atoms with Crippen LogP contribution in [0.4, 0.5) is 0 Å². The highest BCUT2D eigenvalue weighted by Crippen LogP contribution is 2.38. The van der Waals surface area contributed by atoms with Gasteiger partial charge in [0.15, 0.2) is 11.5 Å². The zero-order chi connectivity index (χ0) is 10.2. The highest BCUT2D eigenvalue weighted by atomic mass is 16.3. The summed E-state index contributed by atoms with van der Waals surface area (Å²) in [5.41, 5.74) is 0.359. The Morgan fingerprint density at radius 3 is 1.77 bits per heavy atom. The first-order valence-electron chi connectivity index (χ1n) is 4.08. The van der Waals surface area contributed by atoms with Crippen molar-refractivity contribution in [2.75, 3.05) is 0 Å². The largest absolute Gasteiger partial charge is 0.508 e. The third-order valence-electron chi connectivity index (χ3n) is 1.90. The highest BCUT2D eigenvalue weighted by molar-refractivity contribution is 5.50. The van der Waals surface area contributed by atoms with E-state index in [1.807, 2.05) is 20.8 Å². The molecule has 0 fully saturated rings. The molecule has 0 bridgehead atoms. The molecule has 0 radical (unpaired) electrons. The van der Waals surface area contributed by atoms with Crippen molar-refractivity contribution in [2.45, 2.75) is 26.2 Å². The van der Waals surface area contributed by atoms with Crippen LogP contribution in [0.1, 0.15) is 26.3 Å². The van der Waals surface area contributed by atoms with Gasteiger partial charge in [-0.2, -0.15) is 0 Å². The van der Waals surface area contributed by atoms with Gasteiger partial charge in [0.2, 0.25) is 0 Å². The van der Waals surface area contributed by atoms with E-state index in [-0.39, 0.29) is 22.7 Å². The van der Waals surface area contributed by atoms with Gasteiger partial charge in [-0.15, -0.1) is 0 Å². The Labute approximate surface area is 77.3 Å². The highest BCUT2D eigenvalue weighted by Gasteiger charge is 2.19. The molecule has 3 nitrogen and oxygen atoms in total. The number of benzene rings is 1. The lowest BCUT2D eigenvalue weighted by atomic mass is 9.86. The molecule has 1 aromatic carbocycles. The van der Waals surface area contributed by atoms with Gasteiger partial charge in [-0.05, 0) is 11.5 Å². The molecule has 0 atom stereocenters. The van der Waals surface area contributed by atoms with Crippen LogP contribution < -0.4 is 0 Å². The SMILES string of the molecule is CC(C)(C)c1cc(O)c(O)cc1O. The number of rotatable bonds is 0. The van der Waals surface area contributed by atoms with Crippen LogP contribution in [0.2, 0.25) is 0 Å². The van der Waals surface area contributed by atoms with E-state index in [1.165, 1.54) is 6.07 Å². The number of phenolic OH excluding ortho intramolecular Hbond substituents is 3. The summed E-state index contributed by atoms with van der Waals surface area (Å²) in [4.78, 5) is 0. The molecule has 3 heteroatoms. The van der Waals surface area contributed by atoms with Crippen molar-refractivity contribution < 1.29 is 15.3 Å². The summed E-state index contributed by atoms with van der Waals surface area (Å²) in [7, 11) is 0. The fourth-order valence-corrected chi connectivity index (χ4v) is 1.17. The van der Waals surface area contributed by atoms with Crippen LogP contribution in [0, 0.1) is 0 Å². The molecule has 0 aliphatic heterocycles. The molecule has 1 aromatic rings. The first kappa shape index (κ1) is 9.71. The molecule has 0 aliphatic carbocycles. The Morgan fingerprint density at radius 2 is 1.31 bits per heavy atom. The van der Waals surface area contributed by atoms with Gasteiger partial charge in [0.25, 0.3) is 0 Å². The summed E-state index contributed by atoms with van der Waals surface area (Å²) in [6, 6.07) is 2.53. The van der Waals surface area contributed by atoms with E-state index in [1.54, 1.807) is 0 Å². The van der Waals surface area contributed by atoms with Gasteiger partial charge in [0.05, 0.1) is 0 Å². The maximum atomic E-state index is 9.48. The van der Waals surface area contributed by atoms with Crippen molar-refractivity contribution in [3.63, 3.8) is 0 Å². The van der Waals surface area contributed by atoms with E-state index in [0.717, 1.165) is 6.07 Å². The fraction of sp³-hybridized carbons (Fsp3) is 0.400. The minimum absolute atomic E-state index is 0.00259. The standard InChI is InChI=1S/C10H14O3/c1-10(2,3)6-4-8(12)9(13)5-7(6)11/h4-5,11-13H,1-3H3. The van der Waals surface area contributed by atoms with E-state index >= 15 is 0 Å². The van der Waals surface area contributed by atoms with Crippen molar-refractivity contribution in [2.24, 2.45) is 0 Å². The predicted octanol–water partition coefficient (Wildman–Crippen LogP) is 2.10. The molecule has 0 heterocycles. The van der Waals surface area contributed by atoms with Crippen LogP contribution >= 0.6 is 0 Å². The minimum Gasteiger partial charge on any atom is -0.508 e. The quantitative estimate of drug-likeness (QED) is 0.425. The lowest BCUT2D eigenvalue weighted by Crippen LogP contribution is -2.10. The zero-order valence-corrected chi connectivity index (χ0v) is 8.00. The number of aromatic hydroxyl groups is 3. The topological polar surface area (TPSA) is 60.7 Å². The van der Waals surface area contributed by atoms with Crippen LogP contribution in [0.5, 0.6) is 17.2 Å². The van der Waals surface area contributed by atoms with Gasteiger partial charge in [-0.3, -0.25) is 0 Å². The molecule has 72 valence electrons. The summed E-state index contributed by atoms with van der Waals surface area (Å²) >= 11 is 0. The van der Waals surface area contributed by atoms with Gasteiger partial charge in [-0.1, -0.05) is 20.8 Å². The Bertz CT molecular complexity index is 324. The fourth-order valence-electron chi connectivity index (χ4n) is 1.17. The maximum absolute atomic E-state index is 9.48. The smallest absolute Gasteiger partial charge is 0.161 e.